The molecule has 0 amide bonds. The monoisotopic (exact) mass is 445 g/mol. The van der Waals surface area contributed by atoms with E-state index in [4.69, 9.17) is 15.0 Å². The fourth-order valence-electron chi connectivity index (χ4n) is 4.37. The number of para-hydroxylation sites is 2. The van der Waals surface area contributed by atoms with E-state index >= 15 is 0 Å². The first-order valence-corrected chi connectivity index (χ1v) is 11.3. The van der Waals surface area contributed by atoms with Crippen molar-refractivity contribution < 1.29 is 0 Å². The van der Waals surface area contributed by atoms with Gasteiger partial charge in [-0.1, -0.05) is 71.8 Å². The second kappa shape index (κ2) is 7.92. The summed E-state index contributed by atoms with van der Waals surface area (Å²) in [6, 6.07) is 24.3. The SMILES string of the molecule is Cc1ccc(Cn2cnc3c(c2=O)c2nc4ccccc4nc2n3Cc2ccc(C)cc2)cc1. The molecule has 0 N–H and O–H groups in total. The molecule has 6 aromatic rings. The molecule has 0 radical (unpaired) electrons. The van der Waals surface area contributed by atoms with Crippen molar-refractivity contribution in [3.05, 3.63) is 112 Å². The van der Waals surface area contributed by atoms with Gasteiger partial charge in [-0.3, -0.25) is 9.36 Å². The zero-order valence-electron chi connectivity index (χ0n) is 19.1. The lowest BCUT2D eigenvalue weighted by Gasteiger charge is -2.08. The summed E-state index contributed by atoms with van der Waals surface area (Å²) < 4.78 is 3.66. The molecule has 0 atom stereocenters. The van der Waals surface area contributed by atoms with Gasteiger partial charge in [-0.05, 0) is 37.1 Å². The third kappa shape index (κ3) is 3.44. The first kappa shape index (κ1) is 20.3. The maximum Gasteiger partial charge on any atom is 0.265 e. The largest absolute Gasteiger partial charge is 0.304 e. The van der Waals surface area contributed by atoms with Gasteiger partial charge in [0, 0.05) is 0 Å². The third-order valence-electron chi connectivity index (χ3n) is 6.25. The van der Waals surface area contributed by atoms with Crippen LogP contribution in [0.4, 0.5) is 0 Å². The Morgan fingerprint density at radius 3 is 1.94 bits per heavy atom. The molecule has 0 bridgehead atoms. The number of hydrogen-bond donors (Lipinski definition) is 0. The van der Waals surface area contributed by atoms with Crippen LogP contribution in [0.2, 0.25) is 0 Å². The van der Waals surface area contributed by atoms with Crippen LogP contribution in [0.15, 0.2) is 83.9 Å². The van der Waals surface area contributed by atoms with E-state index in [9.17, 15) is 4.79 Å². The van der Waals surface area contributed by atoms with Crippen molar-refractivity contribution in [2.45, 2.75) is 26.9 Å². The molecule has 0 aliphatic heterocycles. The third-order valence-corrected chi connectivity index (χ3v) is 6.25. The minimum absolute atomic E-state index is 0.109. The number of rotatable bonds is 4. The molecule has 3 aromatic heterocycles. The quantitative estimate of drug-likeness (QED) is 0.383. The fraction of sp³-hybridized carbons (Fsp3) is 0.143. The van der Waals surface area contributed by atoms with Crippen LogP contribution in [0.25, 0.3) is 33.2 Å². The second-order valence-corrected chi connectivity index (χ2v) is 8.82. The Morgan fingerprint density at radius 2 is 1.29 bits per heavy atom. The molecule has 0 spiro atoms. The van der Waals surface area contributed by atoms with E-state index in [2.05, 4.69) is 50.2 Å². The average Bonchev–Trinajstić information content (AvgIpc) is 3.15. The van der Waals surface area contributed by atoms with Gasteiger partial charge in [-0.2, -0.15) is 0 Å². The highest BCUT2D eigenvalue weighted by Crippen LogP contribution is 2.26. The van der Waals surface area contributed by atoms with Gasteiger partial charge in [0.25, 0.3) is 5.56 Å². The van der Waals surface area contributed by atoms with E-state index in [0.717, 1.165) is 22.2 Å². The molecule has 3 heterocycles. The first-order valence-electron chi connectivity index (χ1n) is 11.3. The minimum Gasteiger partial charge on any atom is -0.304 e. The molecule has 3 aromatic carbocycles. The van der Waals surface area contributed by atoms with Gasteiger partial charge >= 0.3 is 0 Å². The van der Waals surface area contributed by atoms with E-state index in [1.807, 2.05) is 41.0 Å². The lowest BCUT2D eigenvalue weighted by molar-refractivity contribution is 0.741. The van der Waals surface area contributed by atoms with Crippen molar-refractivity contribution in [3.63, 3.8) is 0 Å². The Balaban J connectivity index is 1.59. The lowest BCUT2D eigenvalue weighted by atomic mass is 10.1. The molecule has 6 rings (SSSR count). The van der Waals surface area contributed by atoms with Crippen LogP contribution in [0.1, 0.15) is 22.3 Å². The maximum atomic E-state index is 13.7. The van der Waals surface area contributed by atoms with Gasteiger partial charge in [-0.25, -0.2) is 15.0 Å². The Bertz CT molecular complexity index is 1730. The van der Waals surface area contributed by atoms with Gasteiger partial charge in [0.1, 0.15) is 17.2 Å². The van der Waals surface area contributed by atoms with Crippen molar-refractivity contribution in [3.8, 4) is 0 Å². The summed E-state index contributed by atoms with van der Waals surface area (Å²) in [4.78, 5) is 28.2. The molecule has 0 saturated heterocycles. The van der Waals surface area contributed by atoms with Gasteiger partial charge in [0.05, 0.1) is 24.1 Å². The van der Waals surface area contributed by atoms with Crippen LogP contribution >= 0.6 is 0 Å². The summed E-state index contributed by atoms with van der Waals surface area (Å²) >= 11 is 0. The molecular weight excluding hydrogens is 422 g/mol. The summed E-state index contributed by atoms with van der Waals surface area (Å²) in [6.45, 7) is 5.13. The van der Waals surface area contributed by atoms with Crippen LogP contribution in [0.5, 0.6) is 0 Å². The van der Waals surface area contributed by atoms with Crippen molar-refractivity contribution >= 4 is 33.2 Å². The van der Waals surface area contributed by atoms with Crippen molar-refractivity contribution in [1.82, 2.24) is 24.1 Å². The highest BCUT2D eigenvalue weighted by Gasteiger charge is 2.20. The topological polar surface area (TPSA) is 65.6 Å². The van der Waals surface area contributed by atoms with Crippen LogP contribution < -0.4 is 5.56 Å². The van der Waals surface area contributed by atoms with Crippen LogP contribution in [-0.4, -0.2) is 24.1 Å². The van der Waals surface area contributed by atoms with Crippen molar-refractivity contribution in [2.24, 2.45) is 0 Å². The van der Waals surface area contributed by atoms with E-state index < -0.39 is 0 Å². The summed E-state index contributed by atoms with van der Waals surface area (Å²) in [5.41, 5.74) is 7.88. The highest BCUT2D eigenvalue weighted by molar-refractivity contribution is 6.04. The maximum absolute atomic E-state index is 13.7. The predicted molar refractivity (Wildman–Crippen MR) is 135 cm³/mol. The van der Waals surface area contributed by atoms with E-state index in [-0.39, 0.29) is 5.56 Å². The van der Waals surface area contributed by atoms with Gasteiger partial charge < -0.3 is 4.57 Å². The van der Waals surface area contributed by atoms with Gasteiger partial charge in [-0.15, -0.1) is 0 Å². The fourth-order valence-corrected chi connectivity index (χ4v) is 4.37. The Morgan fingerprint density at radius 1 is 0.706 bits per heavy atom. The van der Waals surface area contributed by atoms with E-state index in [0.29, 0.717) is 35.3 Å². The van der Waals surface area contributed by atoms with Crippen LogP contribution in [-0.2, 0) is 13.1 Å². The molecule has 0 saturated carbocycles. The smallest absolute Gasteiger partial charge is 0.265 e. The molecule has 34 heavy (non-hydrogen) atoms. The Kier molecular flexibility index (Phi) is 4.73. The van der Waals surface area contributed by atoms with Crippen LogP contribution in [0.3, 0.4) is 0 Å². The number of fused-ring (bicyclic) bond motifs is 4. The summed E-state index contributed by atoms with van der Waals surface area (Å²) in [6.07, 6.45) is 1.63. The lowest BCUT2D eigenvalue weighted by Crippen LogP contribution is -2.21. The molecule has 166 valence electrons. The Labute approximate surface area is 196 Å². The van der Waals surface area contributed by atoms with Gasteiger partial charge in [0.2, 0.25) is 0 Å². The van der Waals surface area contributed by atoms with Gasteiger partial charge in [0.15, 0.2) is 11.3 Å². The normalized spacial score (nSPS) is 11.6. The summed E-state index contributed by atoms with van der Waals surface area (Å²) in [7, 11) is 0. The van der Waals surface area contributed by atoms with E-state index in [1.165, 1.54) is 11.1 Å². The number of benzene rings is 3. The summed E-state index contributed by atoms with van der Waals surface area (Å²) in [5, 5.41) is 0.509. The Hall–Kier alpha value is -4.32. The standard InChI is InChI=1S/C28H23N5O/c1-18-7-11-20(12-8-18)15-32-17-29-26-24(28(32)34)25-27(31-23-6-4-3-5-22(23)30-25)33(26)16-21-13-9-19(2)10-14-21/h3-14,17H,15-16H2,1-2H3. The number of aromatic nitrogens is 5. The summed E-state index contributed by atoms with van der Waals surface area (Å²) in [5.74, 6) is 0. The average molecular weight is 446 g/mol. The van der Waals surface area contributed by atoms with Crippen molar-refractivity contribution in [1.29, 1.82) is 0 Å². The molecule has 0 aliphatic carbocycles. The molecule has 6 heteroatoms. The number of hydrogen-bond acceptors (Lipinski definition) is 4. The predicted octanol–water partition coefficient (Wildman–Crippen LogP) is 5.01. The second-order valence-electron chi connectivity index (χ2n) is 8.82. The number of aryl methyl sites for hydroxylation is 2. The zero-order valence-corrected chi connectivity index (χ0v) is 19.1. The van der Waals surface area contributed by atoms with Crippen LogP contribution in [0, 0.1) is 13.8 Å². The number of nitrogens with zero attached hydrogens (tertiary/aromatic N) is 5. The zero-order chi connectivity index (χ0) is 23.2. The molecule has 0 unspecified atom stereocenters. The minimum atomic E-state index is -0.109. The molecular formula is C28H23N5O. The molecule has 6 nitrogen and oxygen atoms in total. The highest BCUT2D eigenvalue weighted by atomic mass is 16.1. The molecule has 0 aliphatic rings. The van der Waals surface area contributed by atoms with Crippen molar-refractivity contribution in [2.75, 3.05) is 0 Å². The first-order chi connectivity index (χ1) is 16.6. The van der Waals surface area contributed by atoms with E-state index in [1.54, 1.807) is 10.9 Å². The molecule has 0 fully saturated rings.